The van der Waals surface area contributed by atoms with Crippen molar-refractivity contribution < 1.29 is 19.0 Å². The van der Waals surface area contributed by atoms with E-state index < -0.39 is 0 Å². The Hall–Kier alpha value is -3.67. The molecule has 6 heteroatoms. The number of anilines is 1. The van der Waals surface area contributed by atoms with Crippen LogP contribution in [-0.2, 0) is 11.3 Å². The van der Waals surface area contributed by atoms with E-state index in [2.05, 4.69) is 10.6 Å². The minimum atomic E-state index is -0.0779. The van der Waals surface area contributed by atoms with E-state index in [1.807, 2.05) is 92.7 Å². The number of hydrogen-bond donors (Lipinski definition) is 2. The standard InChI is InChI=1S/C26H30N2O4/c1-20(2)32-25-12-8-21(9-13-25)18-28-26(29)19-27-22-10-14-24(15-11-22)31-17-16-30-23-6-4-3-5-7-23/h3-15,20,27H,16-19H2,1-2H3,(H,28,29). The molecule has 1 amide bonds. The van der Waals surface area contributed by atoms with E-state index in [0.29, 0.717) is 19.8 Å². The largest absolute Gasteiger partial charge is 0.491 e. The lowest BCUT2D eigenvalue weighted by atomic mass is 10.2. The Morgan fingerprint density at radius 1 is 0.781 bits per heavy atom. The zero-order valence-corrected chi connectivity index (χ0v) is 18.5. The average molecular weight is 435 g/mol. The molecule has 0 fully saturated rings. The first kappa shape index (κ1) is 23.0. The van der Waals surface area contributed by atoms with Crippen LogP contribution in [0.3, 0.4) is 0 Å². The fourth-order valence-corrected chi connectivity index (χ4v) is 2.91. The van der Waals surface area contributed by atoms with Gasteiger partial charge in [-0.2, -0.15) is 0 Å². The van der Waals surface area contributed by atoms with Gasteiger partial charge in [-0.25, -0.2) is 0 Å². The molecule has 0 aliphatic rings. The van der Waals surface area contributed by atoms with Gasteiger partial charge >= 0.3 is 0 Å². The molecule has 0 aliphatic carbocycles. The van der Waals surface area contributed by atoms with Gasteiger partial charge in [0.05, 0.1) is 12.6 Å². The number of para-hydroxylation sites is 1. The predicted octanol–water partition coefficient (Wildman–Crippen LogP) is 4.66. The molecule has 0 unspecified atom stereocenters. The summed E-state index contributed by atoms with van der Waals surface area (Å²) in [5.41, 5.74) is 1.87. The second-order valence-corrected chi connectivity index (χ2v) is 7.48. The van der Waals surface area contributed by atoms with E-state index >= 15 is 0 Å². The monoisotopic (exact) mass is 434 g/mol. The van der Waals surface area contributed by atoms with Crippen molar-refractivity contribution in [1.29, 1.82) is 0 Å². The summed E-state index contributed by atoms with van der Waals surface area (Å²) in [5.74, 6) is 2.33. The second kappa shape index (κ2) is 12.2. The van der Waals surface area contributed by atoms with Gasteiger partial charge in [0.2, 0.25) is 5.91 Å². The molecule has 0 saturated carbocycles. The number of carbonyl (C=O) groups excluding carboxylic acids is 1. The molecule has 3 rings (SSSR count). The molecular weight excluding hydrogens is 404 g/mol. The first-order valence-corrected chi connectivity index (χ1v) is 10.8. The number of ether oxygens (including phenoxy) is 3. The van der Waals surface area contributed by atoms with Gasteiger partial charge < -0.3 is 24.8 Å². The third-order valence-electron chi connectivity index (χ3n) is 4.46. The topological polar surface area (TPSA) is 68.8 Å². The van der Waals surface area contributed by atoms with E-state index in [9.17, 15) is 4.79 Å². The van der Waals surface area contributed by atoms with Gasteiger partial charge in [0.1, 0.15) is 30.5 Å². The van der Waals surface area contributed by atoms with E-state index in [4.69, 9.17) is 14.2 Å². The van der Waals surface area contributed by atoms with Gasteiger partial charge in [0.15, 0.2) is 0 Å². The van der Waals surface area contributed by atoms with Crippen molar-refractivity contribution in [3.8, 4) is 17.2 Å². The summed E-state index contributed by atoms with van der Waals surface area (Å²) in [6.07, 6.45) is 0.140. The van der Waals surface area contributed by atoms with Gasteiger partial charge in [0, 0.05) is 12.2 Å². The summed E-state index contributed by atoms with van der Waals surface area (Å²) >= 11 is 0. The summed E-state index contributed by atoms with van der Waals surface area (Å²) < 4.78 is 16.9. The fourth-order valence-electron chi connectivity index (χ4n) is 2.91. The second-order valence-electron chi connectivity index (χ2n) is 7.48. The summed E-state index contributed by atoms with van der Waals surface area (Å²) in [5, 5.41) is 6.02. The molecular formula is C26H30N2O4. The van der Waals surface area contributed by atoms with Gasteiger partial charge in [-0.15, -0.1) is 0 Å². The van der Waals surface area contributed by atoms with E-state index in [1.54, 1.807) is 0 Å². The molecule has 32 heavy (non-hydrogen) atoms. The van der Waals surface area contributed by atoms with Crippen LogP contribution in [0.2, 0.25) is 0 Å². The summed E-state index contributed by atoms with van der Waals surface area (Å²) in [7, 11) is 0. The van der Waals surface area contributed by atoms with Gasteiger partial charge in [-0.05, 0) is 67.9 Å². The minimum absolute atomic E-state index is 0.0779. The van der Waals surface area contributed by atoms with Crippen molar-refractivity contribution in [3.63, 3.8) is 0 Å². The molecule has 0 aromatic heterocycles. The molecule has 0 radical (unpaired) electrons. The number of nitrogens with one attached hydrogen (secondary N) is 2. The van der Waals surface area contributed by atoms with Crippen molar-refractivity contribution in [2.45, 2.75) is 26.5 Å². The van der Waals surface area contributed by atoms with E-state index in [0.717, 1.165) is 28.5 Å². The molecule has 168 valence electrons. The van der Waals surface area contributed by atoms with Crippen LogP contribution in [0.25, 0.3) is 0 Å². The first-order chi connectivity index (χ1) is 15.6. The number of carbonyl (C=O) groups is 1. The van der Waals surface area contributed by atoms with Crippen LogP contribution in [0.4, 0.5) is 5.69 Å². The zero-order chi connectivity index (χ0) is 22.6. The van der Waals surface area contributed by atoms with Crippen molar-refractivity contribution in [2.24, 2.45) is 0 Å². The Bertz CT molecular complexity index is 942. The highest BCUT2D eigenvalue weighted by Crippen LogP contribution is 2.16. The normalized spacial score (nSPS) is 10.5. The van der Waals surface area contributed by atoms with Gasteiger partial charge in [-0.3, -0.25) is 4.79 Å². The first-order valence-electron chi connectivity index (χ1n) is 10.8. The highest BCUT2D eigenvalue weighted by molar-refractivity contribution is 5.80. The predicted molar refractivity (Wildman–Crippen MR) is 126 cm³/mol. The Morgan fingerprint density at radius 3 is 2.00 bits per heavy atom. The molecule has 3 aromatic rings. The maximum Gasteiger partial charge on any atom is 0.239 e. The molecule has 0 spiro atoms. The van der Waals surface area contributed by atoms with Crippen molar-refractivity contribution in [2.75, 3.05) is 25.1 Å². The van der Waals surface area contributed by atoms with Crippen LogP contribution >= 0.6 is 0 Å². The van der Waals surface area contributed by atoms with Crippen LogP contribution in [0, 0.1) is 0 Å². The van der Waals surface area contributed by atoms with E-state index in [1.165, 1.54) is 0 Å². The Morgan fingerprint density at radius 2 is 1.38 bits per heavy atom. The molecule has 6 nitrogen and oxygen atoms in total. The zero-order valence-electron chi connectivity index (χ0n) is 18.5. The van der Waals surface area contributed by atoms with Crippen molar-refractivity contribution in [3.05, 3.63) is 84.4 Å². The highest BCUT2D eigenvalue weighted by Gasteiger charge is 2.03. The third-order valence-corrected chi connectivity index (χ3v) is 4.46. The van der Waals surface area contributed by atoms with E-state index in [-0.39, 0.29) is 18.6 Å². The smallest absolute Gasteiger partial charge is 0.239 e. The lowest BCUT2D eigenvalue weighted by Crippen LogP contribution is -2.29. The maximum atomic E-state index is 12.1. The van der Waals surface area contributed by atoms with Crippen LogP contribution in [0.1, 0.15) is 19.4 Å². The number of benzene rings is 3. The molecule has 0 heterocycles. The van der Waals surface area contributed by atoms with Crippen LogP contribution in [-0.4, -0.2) is 31.8 Å². The summed E-state index contributed by atoms with van der Waals surface area (Å²) in [4.78, 5) is 12.1. The Balaban J connectivity index is 1.32. The Labute approximate surface area is 189 Å². The third kappa shape index (κ3) is 8.22. The molecule has 0 atom stereocenters. The number of hydrogen-bond acceptors (Lipinski definition) is 5. The summed E-state index contributed by atoms with van der Waals surface area (Å²) in [6.45, 7) is 5.57. The molecule has 2 N–H and O–H groups in total. The quantitative estimate of drug-likeness (QED) is 0.406. The summed E-state index contributed by atoms with van der Waals surface area (Å²) in [6, 6.07) is 24.9. The van der Waals surface area contributed by atoms with Crippen LogP contribution in [0.15, 0.2) is 78.9 Å². The van der Waals surface area contributed by atoms with Crippen LogP contribution < -0.4 is 24.8 Å². The molecule has 0 aliphatic heterocycles. The molecule has 0 saturated heterocycles. The lowest BCUT2D eigenvalue weighted by Gasteiger charge is -2.11. The minimum Gasteiger partial charge on any atom is -0.491 e. The SMILES string of the molecule is CC(C)Oc1ccc(CNC(=O)CNc2ccc(OCCOc3ccccc3)cc2)cc1. The maximum absolute atomic E-state index is 12.1. The van der Waals surface area contributed by atoms with Crippen LogP contribution in [0.5, 0.6) is 17.2 Å². The lowest BCUT2D eigenvalue weighted by molar-refractivity contribution is -0.119. The molecule has 3 aromatic carbocycles. The van der Waals surface area contributed by atoms with Gasteiger partial charge in [-0.1, -0.05) is 30.3 Å². The van der Waals surface area contributed by atoms with Crippen molar-refractivity contribution in [1.82, 2.24) is 5.32 Å². The highest BCUT2D eigenvalue weighted by atomic mass is 16.5. The number of amides is 1. The average Bonchev–Trinajstić information content (AvgIpc) is 2.81. The fraction of sp³-hybridized carbons (Fsp3) is 0.269. The number of rotatable bonds is 12. The van der Waals surface area contributed by atoms with Gasteiger partial charge in [0.25, 0.3) is 0 Å². The van der Waals surface area contributed by atoms with Crippen molar-refractivity contribution >= 4 is 11.6 Å². The Kier molecular flexibility index (Phi) is 8.80. The molecule has 0 bridgehead atoms.